The molecule has 0 saturated carbocycles. The maximum atomic E-state index is 13.5. The molecule has 0 aliphatic rings. The summed E-state index contributed by atoms with van der Waals surface area (Å²) in [6.45, 7) is 3.73. The molecule has 0 aliphatic heterocycles. The van der Waals surface area contributed by atoms with Gasteiger partial charge in [0, 0.05) is 11.6 Å². The fraction of sp³-hybridized carbons (Fsp3) is 0.533. The molecule has 0 aromatic heterocycles. The minimum Gasteiger partial charge on any atom is -0.352 e. The van der Waals surface area contributed by atoms with Gasteiger partial charge in [-0.1, -0.05) is 25.8 Å². The Morgan fingerprint density at radius 1 is 1.35 bits per heavy atom. The summed E-state index contributed by atoms with van der Waals surface area (Å²) < 4.78 is 27.0. The summed E-state index contributed by atoms with van der Waals surface area (Å²) in [5, 5.41) is 2.69. The van der Waals surface area contributed by atoms with Crippen molar-refractivity contribution in [3.8, 4) is 0 Å². The number of hydrogen-bond donors (Lipinski definition) is 2. The van der Waals surface area contributed by atoms with Crippen LogP contribution in [0.15, 0.2) is 18.2 Å². The molecule has 1 aromatic carbocycles. The van der Waals surface area contributed by atoms with Gasteiger partial charge in [-0.05, 0) is 31.9 Å². The lowest BCUT2D eigenvalue weighted by Crippen LogP contribution is -2.45. The molecule has 0 spiro atoms. The smallest absolute Gasteiger partial charge is 0.237 e. The van der Waals surface area contributed by atoms with Crippen LogP contribution in [0.2, 0.25) is 0 Å². The van der Waals surface area contributed by atoms with Crippen LogP contribution in [0.3, 0.4) is 0 Å². The summed E-state index contributed by atoms with van der Waals surface area (Å²) in [7, 11) is 0. The molecule has 5 heteroatoms. The molecule has 2 unspecified atom stereocenters. The van der Waals surface area contributed by atoms with E-state index in [0.29, 0.717) is 6.42 Å². The highest BCUT2D eigenvalue weighted by Crippen LogP contribution is 2.14. The van der Waals surface area contributed by atoms with Crippen LogP contribution in [0.25, 0.3) is 0 Å². The number of hydrogen-bond acceptors (Lipinski definition) is 2. The standard InChI is InChI=1S/C15H22F2N2O/c1-3-4-8-14(18)15(20)19-10(2)9-11-12(16)6-5-7-13(11)17/h5-7,10,14H,3-4,8-9,18H2,1-2H3,(H,19,20). The molecule has 0 heterocycles. The number of rotatable bonds is 7. The molecule has 0 saturated heterocycles. The van der Waals surface area contributed by atoms with Crippen LogP contribution in [0.1, 0.15) is 38.7 Å². The zero-order valence-electron chi connectivity index (χ0n) is 12.0. The first-order valence-electron chi connectivity index (χ1n) is 6.94. The Balaban J connectivity index is 2.55. The van der Waals surface area contributed by atoms with Crippen molar-refractivity contribution in [3.63, 3.8) is 0 Å². The number of nitrogens with one attached hydrogen (secondary N) is 1. The zero-order chi connectivity index (χ0) is 15.1. The van der Waals surface area contributed by atoms with Crippen LogP contribution < -0.4 is 11.1 Å². The second-order valence-corrected chi connectivity index (χ2v) is 5.06. The van der Waals surface area contributed by atoms with Gasteiger partial charge in [-0.25, -0.2) is 8.78 Å². The maximum absolute atomic E-state index is 13.5. The van der Waals surface area contributed by atoms with Crippen molar-refractivity contribution >= 4 is 5.91 Å². The van der Waals surface area contributed by atoms with E-state index in [9.17, 15) is 13.6 Å². The van der Waals surface area contributed by atoms with E-state index >= 15 is 0 Å². The van der Waals surface area contributed by atoms with Crippen molar-refractivity contribution in [3.05, 3.63) is 35.4 Å². The molecule has 112 valence electrons. The van der Waals surface area contributed by atoms with Gasteiger partial charge in [0.2, 0.25) is 5.91 Å². The van der Waals surface area contributed by atoms with Crippen molar-refractivity contribution in [2.75, 3.05) is 0 Å². The number of unbranched alkanes of at least 4 members (excludes halogenated alkanes) is 1. The summed E-state index contributed by atoms with van der Waals surface area (Å²) in [5.41, 5.74) is 5.73. The Morgan fingerprint density at radius 2 is 1.95 bits per heavy atom. The lowest BCUT2D eigenvalue weighted by Gasteiger charge is -2.18. The van der Waals surface area contributed by atoms with Crippen molar-refractivity contribution in [1.29, 1.82) is 0 Å². The Bertz CT molecular complexity index is 431. The summed E-state index contributed by atoms with van der Waals surface area (Å²) in [4.78, 5) is 11.8. The van der Waals surface area contributed by atoms with Gasteiger partial charge in [0.15, 0.2) is 0 Å². The highest BCUT2D eigenvalue weighted by atomic mass is 19.1. The van der Waals surface area contributed by atoms with Crippen LogP contribution in [0.5, 0.6) is 0 Å². The van der Waals surface area contributed by atoms with E-state index in [1.54, 1.807) is 6.92 Å². The van der Waals surface area contributed by atoms with E-state index in [1.807, 2.05) is 6.92 Å². The SMILES string of the molecule is CCCCC(N)C(=O)NC(C)Cc1c(F)cccc1F. The Hall–Kier alpha value is -1.49. The number of amides is 1. The lowest BCUT2D eigenvalue weighted by molar-refractivity contribution is -0.123. The van der Waals surface area contributed by atoms with E-state index < -0.39 is 17.7 Å². The third-order valence-electron chi connectivity index (χ3n) is 3.17. The first-order chi connectivity index (χ1) is 9.45. The molecule has 0 bridgehead atoms. The van der Waals surface area contributed by atoms with E-state index in [1.165, 1.54) is 18.2 Å². The van der Waals surface area contributed by atoms with Crippen molar-refractivity contribution in [1.82, 2.24) is 5.32 Å². The summed E-state index contributed by atoms with van der Waals surface area (Å²) in [5.74, 6) is -1.47. The van der Waals surface area contributed by atoms with Crippen molar-refractivity contribution in [2.45, 2.75) is 51.6 Å². The molecular weight excluding hydrogens is 262 g/mol. The van der Waals surface area contributed by atoms with Gasteiger partial charge in [-0.15, -0.1) is 0 Å². The minimum absolute atomic E-state index is 0.0116. The monoisotopic (exact) mass is 284 g/mol. The highest BCUT2D eigenvalue weighted by molar-refractivity contribution is 5.81. The Morgan fingerprint density at radius 3 is 2.50 bits per heavy atom. The third-order valence-corrected chi connectivity index (χ3v) is 3.17. The first-order valence-corrected chi connectivity index (χ1v) is 6.94. The molecule has 2 atom stereocenters. The molecular formula is C15H22F2N2O. The zero-order valence-corrected chi connectivity index (χ0v) is 12.0. The van der Waals surface area contributed by atoms with Gasteiger partial charge in [0.25, 0.3) is 0 Å². The number of carbonyl (C=O) groups is 1. The Labute approximate surface area is 118 Å². The number of halogens is 2. The van der Waals surface area contributed by atoms with Crippen LogP contribution in [-0.2, 0) is 11.2 Å². The molecule has 0 aliphatic carbocycles. The fourth-order valence-electron chi connectivity index (χ4n) is 1.99. The maximum Gasteiger partial charge on any atom is 0.237 e. The molecule has 1 aromatic rings. The average Bonchev–Trinajstić information content (AvgIpc) is 2.40. The predicted octanol–water partition coefficient (Wildman–Crippen LogP) is 2.53. The molecule has 1 rings (SSSR count). The van der Waals surface area contributed by atoms with Gasteiger partial charge < -0.3 is 11.1 Å². The molecule has 20 heavy (non-hydrogen) atoms. The van der Waals surface area contributed by atoms with Gasteiger partial charge in [-0.2, -0.15) is 0 Å². The summed E-state index contributed by atoms with van der Waals surface area (Å²) >= 11 is 0. The van der Waals surface area contributed by atoms with Crippen LogP contribution in [0, 0.1) is 11.6 Å². The molecule has 3 nitrogen and oxygen atoms in total. The van der Waals surface area contributed by atoms with Crippen LogP contribution in [-0.4, -0.2) is 18.0 Å². The quantitative estimate of drug-likeness (QED) is 0.808. The molecule has 1 amide bonds. The van der Waals surface area contributed by atoms with Crippen molar-refractivity contribution < 1.29 is 13.6 Å². The predicted molar refractivity (Wildman–Crippen MR) is 75.2 cm³/mol. The summed E-state index contributed by atoms with van der Waals surface area (Å²) in [6.07, 6.45) is 2.57. The van der Waals surface area contributed by atoms with E-state index in [0.717, 1.165) is 12.8 Å². The van der Waals surface area contributed by atoms with E-state index in [-0.39, 0.29) is 23.9 Å². The van der Waals surface area contributed by atoms with Crippen LogP contribution in [0.4, 0.5) is 8.78 Å². The minimum atomic E-state index is -0.596. The van der Waals surface area contributed by atoms with E-state index in [2.05, 4.69) is 5.32 Å². The van der Waals surface area contributed by atoms with Crippen LogP contribution >= 0.6 is 0 Å². The van der Waals surface area contributed by atoms with Gasteiger partial charge >= 0.3 is 0 Å². The fourth-order valence-corrected chi connectivity index (χ4v) is 1.99. The largest absolute Gasteiger partial charge is 0.352 e. The lowest BCUT2D eigenvalue weighted by atomic mass is 10.0. The van der Waals surface area contributed by atoms with Crippen molar-refractivity contribution in [2.24, 2.45) is 5.73 Å². The first kappa shape index (κ1) is 16.6. The second-order valence-electron chi connectivity index (χ2n) is 5.06. The average molecular weight is 284 g/mol. The highest BCUT2D eigenvalue weighted by Gasteiger charge is 2.17. The number of carbonyl (C=O) groups excluding carboxylic acids is 1. The topological polar surface area (TPSA) is 55.1 Å². The Kier molecular flexibility index (Phi) is 6.58. The normalized spacial score (nSPS) is 13.8. The van der Waals surface area contributed by atoms with Gasteiger partial charge in [0.1, 0.15) is 11.6 Å². The second kappa shape index (κ2) is 7.94. The van der Waals surface area contributed by atoms with Gasteiger partial charge in [-0.3, -0.25) is 4.79 Å². The van der Waals surface area contributed by atoms with E-state index in [4.69, 9.17) is 5.73 Å². The molecule has 0 radical (unpaired) electrons. The molecule has 0 fully saturated rings. The number of nitrogens with two attached hydrogens (primary N) is 1. The van der Waals surface area contributed by atoms with Gasteiger partial charge in [0.05, 0.1) is 6.04 Å². The summed E-state index contributed by atoms with van der Waals surface area (Å²) in [6, 6.07) is 2.79. The third kappa shape index (κ3) is 4.89. The number of benzene rings is 1. The molecule has 3 N–H and O–H groups in total.